The van der Waals surface area contributed by atoms with Gasteiger partial charge in [0.1, 0.15) is 0 Å². The second-order valence-corrected chi connectivity index (χ2v) is 3.02. The first-order valence-corrected chi connectivity index (χ1v) is 4.61. The molecule has 0 saturated heterocycles. The third-order valence-corrected chi connectivity index (χ3v) is 1.86. The molecule has 0 saturated carbocycles. The Morgan fingerprint density at radius 2 is 2.31 bits per heavy atom. The number of pyridine rings is 1. The Hall–Kier alpha value is -1.95. The predicted molar refractivity (Wildman–Crippen MR) is 56.3 cm³/mol. The molecule has 0 radical (unpaired) electrons. The molecule has 1 aromatic rings. The number of carboxylic acids is 1. The SMILES string of the molecule is COCCC(=O)Nc1cnccc1C(=O)O. The molecule has 1 aromatic heterocycles. The number of amides is 1. The number of carboxylic acid groups (broad SMARTS) is 1. The van der Waals surface area contributed by atoms with Gasteiger partial charge in [0.15, 0.2) is 0 Å². The number of aromatic nitrogens is 1. The molecule has 0 aliphatic carbocycles. The molecule has 1 rings (SSSR count). The van der Waals surface area contributed by atoms with Crippen LogP contribution in [0.1, 0.15) is 16.8 Å². The average Bonchev–Trinajstić information content (AvgIpc) is 2.27. The molecule has 6 nitrogen and oxygen atoms in total. The summed E-state index contributed by atoms with van der Waals surface area (Å²) in [7, 11) is 1.49. The first kappa shape index (κ1) is 12.1. The van der Waals surface area contributed by atoms with Crippen LogP contribution in [0.3, 0.4) is 0 Å². The second-order valence-electron chi connectivity index (χ2n) is 3.02. The van der Waals surface area contributed by atoms with Crippen molar-refractivity contribution in [2.24, 2.45) is 0 Å². The number of nitrogens with zero attached hydrogens (tertiary/aromatic N) is 1. The summed E-state index contributed by atoms with van der Waals surface area (Å²) in [5.41, 5.74) is 0.205. The molecule has 1 heterocycles. The fourth-order valence-electron chi connectivity index (χ4n) is 1.09. The molecule has 6 heteroatoms. The summed E-state index contributed by atoms with van der Waals surface area (Å²) in [4.78, 5) is 25.9. The van der Waals surface area contributed by atoms with Crippen LogP contribution < -0.4 is 5.32 Å². The number of aromatic carboxylic acids is 1. The predicted octanol–water partition coefficient (Wildman–Crippen LogP) is 0.755. The quantitative estimate of drug-likeness (QED) is 0.770. The highest BCUT2D eigenvalue weighted by Gasteiger charge is 2.11. The Kier molecular flexibility index (Phi) is 4.41. The van der Waals surface area contributed by atoms with Gasteiger partial charge >= 0.3 is 5.97 Å². The van der Waals surface area contributed by atoms with Gasteiger partial charge in [0.25, 0.3) is 0 Å². The van der Waals surface area contributed by atoms with Crippen LogP contribution in [0.25, 0.3) is 0 Å². The van der Waals surface area contributed by atoms with Crippen molar-refractivity contribution < 1.29 is 19.4 Å². The van der Waals surface area contributed by atoms with E-state index in [0.717, 1.165) is 0 Å². The highest BCUT2D eigenvalue weighted by molar-refractivity contribution is 6.00. The summed E-state index contributed by atoms with van der Waals surface area (Å²) in [6.07, 6.45) is 2.83. The van der Waals surface area contributed by atoms with Gasteiger partial charge in [-0.2, -0.15) is 0 Å². The molecular formula is C10H12N2O4. The summed E-state index contributed by atoms with van der Waals surface area (Å²) in [6, 6.07) is 1.33. The van der Waals surface area contributed by atoms with E-state index in [-0.39, 0.29) is 30.2 Å². The molecule has 0 spiro atoms. The van der Waals surface area contributed by atoms with Crippen LogP contribution in [0.15, 0.2) is 18.5 Å². The van der Waals surface area contributed by atoms with Crippen molar-refractivity contribution in [3.8, 4) is 0 Å². The molecule has 0 atom stereocenters. The lowest BCUT2D eigenvalue weighted by Crippen LogP contribution is -2.16. The number of methoxy groups -OCH3 is 1. The van der Waals surface area contributed by atoms with E-state index in [9.17, 15) is 9.59 Å². The van der Waals surface area contributed by atoms with E-state index in [1.165, 1.54) is 25.6 Å². The molecule has 16 heavy (non-hydrogen) atoms. The second kappa shape index (κ2) is 5.82. The minimum absolute atomic E-state index is 0.0146. The highest BCUT2D eigenvalue weighted by Crippen LogP contribution is 2.13. The third kappa shape index (κ3) is 3.32. The highest BCUT2D eigenvalue weighted by atomic mass is 16.5. The van der Waals surface area contributed by atoms with E-state index in [2.05, 4.69) is 10.3 Å². The Balaban J connectivity index is 2.73. The van der Waals surface area contributed by atoms with Crippen molar-refractivity contribution in [3.63, 3.8) is 0 Å². The molecular weight excluding hydrogens is 212 g/mol. The lowest BCUT2D eigenvalue weighted by atomic mass is 10.2. The van der Waals surface area contributed by atoms with Crippen LogP contribution >= 0.6 is 0 Å². The summed E-state index contributed by atoms with van der Waals surface area (Å²) < 4.78 is 4.74. The molecule has 2 N–H and O–H groups in total. The van der Waals surface area contributed by atoms with Crippen molar-refractivity contribution in [2.45, 2.75) is 6.42 Å². The van der Waals surface area contributed by atoms with Crippen LogP contribution in [0.4, 0.5) is 5.69 Å². The Morgan fingerprint density at radius 3 is 2.94 bits per heavy atom. The molecule has 1 amide bonds. The lowest BCUT2D eigenvalue weighted by Gasteiger charge is -2.06. The first-order valence-electron chi connectivity index (χ1n) is 4.61. The van der Waals surface area contributed by atoms with E-state index >= 15 is 0 Å². The molecule has 0 aromatic carbocycles. The zero-order valence-corrected chi connectivity index (χ0v) is 8.77. The van der Waals surface area contributed by atoms with Gasteiger partial charge in [0, 0.05) is 13.3 Å². The molecule has 0 fully saturated rings. The van der Waals surface area contributed by atoms with Crippen molar-refractivity contribution >= 4 is 17.6 Å². The Bertz CT molecular complexity index is 392. The van der Waals surface area contributed by atoms with Crippen LogP contribution in [0, 0.1) is 0 Å². The Labute approximate surface area is 92.3 Å². The lowest BCUT2D eigenvalue weighted by molar-refractivity contribution is -0.117. The minimum Gasteiger partial charge on any atom is -0.478 e. The average molecular weight is 224 g/mol. The van der Waals surface area contributed by atoms with Gasteiger partial charge in [-0.15, -0.1) is 0 Å². The van der Waals surface area contributed by atoms with Crippen molar-refractivity contribution in [1.82, 2.24) is 4.98 Å². The van der Waals surface area contributed by atoms with Gasteiger partial charge in [-0.25, -0.2) is 4.79 Å². The van der Waals surface area contributed by atoms with Crippen LogP contribution in [-0.2, 0) is 9.53 Å². The molecule has 0 unspecified atom stereocenters. The number of hydrogen-bond donors (Lipinski definition) is 2. The molecule has 86 valence electrons. The fraction of sp³-hybridized carbons (Fsp3) is 0.300. The summed E-state index contributed by atoms with van der Waals surface area (Å²) in [6.45, 7) is 0.286. The van der Waals surface area contributed by atoms with Gasteiger partial charge in [-0.3, -0.25) is 9.78 Å². The summed E-state index contributed by atoms with van der Waals surface area (Å²) >= 11 is 0. The standard InChI is InChI=1S/C10H12N2O4/c1-16-5-3-9(13)12-8-6-11-4-2-7(8)10(14)15/h2,4,6H,3,5H2,1H3,(H,12,13)(H,14,15). The van der Waals surface area contributed by atoms with Gasteiger partial charge in [-0.1, -0.05) is 0 Å². The van der Waals surface area contributed by atoms with Crippen LogP contribution in [0.5, 0.6) is 0 Å². The zero-order valence-electron chi connectivity index (χ0n) is 8.77. The monoisotopic (exact) mass is 224 g/mol. The van der Waals surface area contributed by atoms with E-state index in [1.54, 1.807) is 0 Å². The van der Waals surface area contributed by atoms with Crippen molar-refractivity contribution in [1.29, 1.82) is 0 Å². The van der Waals surface area contributed by atoms with Gasteiger partial charge < -0.3 is 15.2 Å². The van der Waals surface area contributed by atoms with Gasteiger partial charge in [0.2, 0.25) is 5.91 Å². The molecule has 0 bridgehead atoms. The largest absolute Gasteiger partial charge is 0.478 e. The Morgan fingerprint density at radius 1 is 1.56 bits per heavy atom. The minimum atomic E-state index is -1.11. The third-order valence-electron chi connectivity index (χ3n) is 1.86. The van der Waals surface area contributed by atoms with E-state index in [4.69, 9.17) is 9.84 Å². The normalized spacial score (nSPS) is 9.81. The number of carbonyl (C=O) groups is 2. The van der Waals surface area contributed by atoms with Crippen LogP contribution in [0.2, 0.25) is 0 Å². The van der Waals surface area contributed by atoms with Crippen molar-refractivity contribution in [2.75, 3.05) is 19.0 Å². The van der Waals surface area contributed by atoms with Crippen molar-refractivity contribution in [3.05, 3.63) is 24.0 Å². The number of hydrogen-bond acceptors (Lipinski definition) is 4. The first-order chi connectivity index (χ1) is 7.65. The fourth-order valence-corrected chi connectivity index (χ4v) is 1.09. The molecule has 0 aliphatic rings. The van der Waals surface area contributed by atoms with E-state index in [0.29, 0.717) is 0 Å². The smallest absolute Gasteiger partial charge is 0.337 e. The van der Waals surface area contributed by atoms with Crippen LogP contribution in [-0.4, -0.2) is 35.7 Å². The maximum Gasteiger partial charge on any atom is 0.337 e. The summed E-state index contributed by atoms with van der Waals surface area (Å²) in [5.74, 6) is -1.42. The number of ether oxygens (including phenoxy) is 1. The van der Waals surface area contributed by atoms with E-state index < -0.39 is 5.97 Å². The van der Waals surface area contributed by atoms with Gasteiger partial charge in [-0.05, 0) is 6.07 Å². The number of carbonyl (C=O) groups excluding carboxylic acids is 1. The summed E-state index contributed by atoms with van der Waals surface area (Å²) in [5, 5.41) is 11.3. The number of nitrogens with one attached hydrogen (secondary N) is 1. The number of anilines is 1. The van der Waals surface area contributed by atoms with E-state index in [1.807, 2.05) is 0 Å². The zero-order chi connectivity index (χ0) is 12.0. The molecule has 0 aliphatic heterocycles. The number of rotatable bonds is 5. The van der Waals surface area contributed by atoms with Gasteiger partial charge in [0.05, 0.1) is 30.5 Å². The maximum atomic E-state index is 11.3. The maximum absolute atomic E-state index is 11.3. The topological polar surface area (TPSA) is 88.5 Å².